The average molecular weight is 255 g/mol. The summed E-state index contributed by atoms with van der Waals surface area (Å²) in [7, 11) is 0. The molecular weight excluding hydrogens is 242 g/mol. The van der Waals surface area contributed by atoms with E-state index >= 15 is 0 Å². The lowest BCUT2D eigenvalue weighted by atomic mass is 10.1. The van der Waals surface area contributed by atoms with Gasteiger partial charge < -0.3 is 15.5 Å². The monoisotopic (exact) mass is 255 g/mol. The first-order valence-electron chi connectivity index (χ1n) is 5.84. The third-order valence-electron chi connectivity index (χ3n) is 2.68. The summed E-state index contributed by atoms with van der Waals surface area (Å²) in [5, 5.41) is 0. The minimum atomic E-state index is 0.138. The van der Waals surface area contributed by atoms with Crippen LogP contribution in [0.15, 0.2) is 24.5 Å². The van der Waals surface area contributed by atoms with Crippen molar-refractivity contribution in [2.75, 3.05) is 5.73 Å². The highest BCUT2D eigenvalue weighted by atomic mass is 16.5. The number of nitrogens with two attached hydrogens (primary N) is 1. The van der Waals surface area contributed by atoms with Crippen LogP contribution in [0.3, 0.4) is 0 Å². The van der Waals surface area contributed by atoms with Gasteiger partial charge in [-0.2, -0.15) is 9.97 Å². The van der Waals surface area contributed by atoms with E-state index in [1.807, 2.05) is 26.0 Å². The Balaban J connectivity index is 2.07. The number of hydrogen-bond acceptors (Lipinski definition) is 5. The van der Waals surface area contributed by atoms with Gasteiger partial charge in [0.15, 0.2) is 5.65 Å². The zero-order valence-corrected chi connectivity index (χ0v) is 10.6. The van der Waals surface area contributed by atoms with Crippen molar-refractivity contribution in [2.24, 2.45) is 0 Å². The molecule has 0 aliphatic heterocycles. The Morgan fingerprint density at radius 1 is 1.11 bits per heavy atom. The van der Waals surface area contributed by atoms with Gasteiger partial charge in [-0.3, -0.25) is 0 Å². The summed E-state index contributed by atoms with van der Waals surface area (Å²) >= 11 is 0. The molecule has 0 saturated carbocycles. The molecule has 0 aliphatic rings. The smallest absolute Gasteiger partial charge is 0.250 e. The number of anilines is 1. The van der Waals surface area contributed by atoms with Crippen molar-refractivity contribution in [1.29, 1.82) is 0 Å². The third kappa shape index (κ3) is 2.20. The van der Waals surface area contributed by atoms with Crippen molar-refractivity contribution >= 4 is 17.1 Å². The molecule has 0 aliphatic carbocycles. The van der Waals surface area contributed by atoms with Crippen molar-refractivity contribution in [3.05, 3.63) is 35.7 Å². The van der Waals surface area contributed by atoms with Crippen molar-refractivity contribution in [3.63, 3.8) is 0 Å². The van der Waals surface area contributed by atoms with E-state index in [4.69, 9.17) is 10.5 Å². The molecule has 0 fully saturated rings. The molecule has 3 aromatic rings. The molecule has 6 heteroatoms. The van der Waals surface area contributed by atoms with Crippen molar-refractivity contribution in [2.45, 2.75) is 13.8 Å². The predicted octanol–water partition coefficient (Wildman–Crippen LogP) is 2.34. The van der Waals surface area contributed by atoms with E-state index in [-0.39, 0.29) is 5.95 Å². The highest BCUT2D eigenvalue weighted by molar-refractivity contribution is 5.77. The number of fused-ring (bicyclic) bond motifs is 1. The third-order valence-corrected chi connectivity index (χ3v) is 2.68. The first kappa shape index (κ1) is 11.5. The van der Waals surface area contributed by atoms with Gasteiger partial charge in [0.25, 0.3) is 5.88 Å². The minimum Gasteiger partial charge on any atom is -0.437 e. The van der Waals surface area contributed by atoms with Crippen LogP contribution in [0, 0.1) is 13.8 Å². The molecule has 0 radical (unpaired) electrons. The highest BCUT2D eigenvalue weighted by Gasteiger charge is 2.11. The van der Waals surface area contributed by atoms with Crippen LogP contribution >= 0.6 is 0 Å². The van der Waals surface area contributed by atoms with Crippen molar-refractivity contribution in [1.82, 2.24) is 19.9 Å². The predicted molar refractivity (Wildman–Crippen MR) is 72.1 cm³/mol. The fourth-order valence-electron chi connectivity index (χ4n) is 2.00. The van der Waals surface area contributed by atoms with E-state index in [0.29, 0.717) is 22.8 Å². The Hall–Kier alpha value is -2.63. The molecule has 0 amide bonds. The maximum Gasteiger partial charge on any atom is 0.250 e. The van der Waals surface area contributed by atoms with E-state index in [2.05, 4.69) is 26.0 Å². The van der Waals surface area contributed by atoms with Gasteiger partial charge in [0.2, 0.25) is 5.95 Å². The zero-order chi connectivity index (χ0) is 13.4. The molecule has 1 aromatic carbocycles. The van der Waals surface area contributed by atoms with Crippen LogP contribution in [0.1, 0.15) is 11.1 Å². The summed E-state index contributed by atoms with van der Waals surface area (Å²) in [6.07, 6.45) is 1.53. The van der Waals surface area contributed by atoms with Gasteiger partial charge in [-0.15, -0.1) is 0 Å². The fraction of sp³-hybridized carbons (Fsp3) is 0.154. The number of ether oxygens (including phenoxy) is 1. The number of nitrogen functional groups attached to an aromatic ring is 1. The number of nitrogens with zero attached hydrogens (tertiary/aromatic N) is 3. The summed E-state index contributed by atoms with van der Waals surface area (Å²) in [4.78, 5) is 15.1. The van der Waals surface area contributed by atoms with E-state index < -0.39 is 0 Å². The summed E-state index contributed by atoms with van der Waals surface area (Å²) in [5.41, 5.74) is 9.01. The quantitative estimate of drug-likeness (QED) is 0.733. The van der Waals surface area contributed by atoms with Crippen LogP contribution in [-0.2, 0) is 0 Å². The van der Waals surface area contributed by atoms with Crippen LogP contribution in [-0.4, -0.2) is 19.9 Å². The van der Waals surface area contributed by atoms with Gasteiger partial charge in [-0.05, 0) is 37.1 Å². The molecule has 3 N–H and O–H groups in total. The van der Waals surface area contributed by atoms with Crippen LogP contribution in [0.5, 0.6) is 11.6 Å². The summed E-state index contributed by atoms with van der Waals surface area (Å²) in [6.45, 7) is 4.03. The average Bonchev–Trinajstić information content (AvgIpc) is 2.75. The topological polar surface area (TPSA) is 89.7 Å². The highest BCUT2D eigenvalue weighted by Crippen LogP contribution is 2.27. The molecule has 0 saturated heterocycles. The number of benzene rings is 1. The van der Waals surface area contributed by atoms with Gasteiger partial charge in [0.05, 0.1) is 6.33 Å². The first-order chi connectivity index (χ1) is 9.11. The van der Waals surface area contributed by atoms with Crippen LogP contribution in [0.25, 0.3) is 11.2 Å². The summed E-state index contributed by atoms with van der Waals surface area (Å²) in [6, 6.07) is 5.95. The summed E-state index contributed by atoms with van der Waals surface area (Å²) in [5.74, 6) is 1.23. The van der Waals surface area contributed by atoms with Gasteiger partial charge in [0, 0.05) is 0 Å². The number of rotatable bonds is 2. The lowest BCUT2D eigenvalue weighted by molar-refractivity contribution is 0.467. The Morgan fingerprint density at radius 3 is 2.58 bits per heavy atom. The largest absolute Gasteiger partial charge is 0.437 e. The van der Waals surface area contributed by atoms with Crippen molar-refractivity contribution in [3.8, 4) is 11.6 Å². The van der Waals surface area contributed by atoms with Gasteiger partial charge in [-0.1, -0.05) is 6.07 Å². The molecule has 2 heterocycles. The first-order valence-corrected chi connectivity index (χ1v) is 5.84. The Bertz CT molecular complexity index is 730. The molecule has 0 unspecified atom stereocenters. The zero-order valence-electron chi connectivity index (χ0n) is 10.6. The number of imidazole rings is 1. The van der Waals surface area contributed by atoms with E-state index in [1.165, 1.54) is 6.33 Å². The number of H-pyrrole nitrogens is 1. The van der Waals surface area contributed by atoms with Crippen molar-refractivity contribution < 1.29 is 4.74 Å². The molecule has 0 atom stereocenters. The second-order valence-electron chi connectivity index (χ2n) is 4.41. The van der Waals surface area contributed by atoms with Crippen LogP contribution in [0.4, 0.5) is 5.95 Å². The molecule has 19 heavy (non-hydrogen) atoms. The SMILES string of the molecule is Cc1cc(C)cc(Oc2nc(N)nc3nc[nH]c23)c1. The number of hydrogen-bond donors (Lipinski definition) is 2. The molecule has 0 spiro atoms. The normalized spacial score (nSPS) is 10.8. The second kappa shape index (κ2) is 4.24. The standard InChI is InChI=1S/C13H13N5O/c1-7-3-8(2)5-9(4-7)19-12-10-11(16-6-15-10)17-13(14)18-12/h3-6H,1-2H3,(H3,14,15,16,17,18). The minimum absolute atomic E-state index is 0.138. The number of nitrogens with one attached hydrogen (secondary N) is 1. The van der Waals surface area contributed by atoms with Gasteiger partial charge in [0.1, 0.15) is 11.3 Å². The molecule has 6 nitrogen and oxygen atoms in total. The molecule has 3 rings (SSSR count). The maximum atomic E-state index is 5.79. The van der Waals surface area contributed by atoms with E-state index in [9.17, 15) is 0 Å². The number of aryl methyl sites for hydroxylation is 2. The van der Waals surface area contributed by atoms with Crippen LogP contribution in [0.2, 0.25) is 0 Å². The molecule has 96 valence electrons. The van der Waals surface area contributed by atoms with E-state index in [0.717, 1.165) is 11.1 Å². The molecule has 0 bridgehead atoms. The Kier molecular flexibility index (Phi) is 2.56. The lowest BCUT2D eigenvalue weighted by Gasteiger charge is -2.07. The lowest BCUT2D eigenvalue weighted by Crippen LogP contribution is -1.98. The Morgan fingerprint density at radius 2 is 1.84 bits per heavy atom. The molecular formula is C13H13N5O. The molecule has 2 aromatic heterocycles. The Labute approximate surface area is 109 Å². The number of aromatic nitrogens is 4. The van der Waals surface area contributed by atoms with Crippen LogP contribution < -0.4 is 10.5 Å². The fourth-order valence-corrected chi connectivity index (χ4v) is 2.00. The maximum absolute atomic E-state index is 5.79. The second-order valence-corrected chi connectivity index (χ2v) is 4.41. The summed E-state index contributed by atoms with van der Waals surface area (Å²) < 4.78 is 5.79. The van der Waals surface area contributed by atoms with Gasteiger partial charge >= 0.3 is 0 Å². The number of aromatic amines is 1. The van der Waals surface area contributed by atoms with Gasteiger partial charge in [-0.25, -0.2) is 4.98 Å². The van der Waals surface area contributed by atoms with E-state index in [1.54, 1.807) is 0 Å².